The van der Waals surface area contributed by atoms with E-state index >= 15 is 0 Å². The minimum Gasteiger partial charge on any atom is -0.486 e. The predicted octanol–water partition coefficient (Wildman–Crippen LogP) is 5.41. The van der Waals surface area contributed by atoms with Crippen LogP contribution in [0, 0.1) is 4.77 Å². The van der Waals surface area contributed by atoms with Gasteiger partial charge in [0.25, 0.3) is 0 Å². The molecule has 0 aliphatic carbocycles. The maximum Gasteiger partial charge on any atom is 0.195 e. The third-order valence-electron chi connectivity index (χ3n) is 3.95. The molecule has 0 unspecified atom stereocenters. The highest BCUT2D eigenvalue weighted by atomic mass is 79.9. The zero-order valence-electron chi connectivity index (χ0n) is 13.0. The normalized spacial score (nSPS) is 12.5. The Morgan fingerprint density at radius 3 is 2.78 bits per heavy atom. The molecule has 1 aromatic heterocycles. The van der Waals surface area contributed by atoms with Crippen molar-refractivity contribution in [2.24, 2.45) is 0 Å². The van der Waals surface area contributed by atoms with E-state index in [-0.39, 0.29) is 0 Å². The smallest absolute Gasteiger partial charge is 0.195 e. The molecule has 0 radical (unpaired) electrons. The molecule has 23 heavy (non-hydrogen) atoms. The Kier molecular flexibility index (Phi) is 4.82. The van der Waals surface area contributed by atoms with E-state index in [2.05, 4.69) is 58.2 Å². The van der Waals surface area contributed by atoms with E-state index in [0.717, 1.165) is 27.9 Å². The van der Waals surface area contributed by atoms with Gasteiger partial charge in [0, 0.05) is 10.5 Å². The number of aromatic nitrogens is 3. The van der Waals surface area contributed by atoms with Gasteiger partial charge in [0.15, 0.2) is 10.6 Å². The van der Waals surface area contributed by atoms with E-state index < -0.39 is 0 Å². The van der Waals surface area contributed by atoms with Crippen LogP contribution in [0.5, 0.6) is 5.75 Å². The maximum absolute atomic E-state index is 5.92. The van der Waals surface area contributed by atoms with E-state index in [9.17, 15) is 0 Å². The molecule has 0 spiro atoms. The average molecular weight is 392 g/mol. The van der Waals surface area contributed by atoms with Gasteiger partial charge < -0.3 is 4.74 Å². The Balaban J connectivity index is 1.81. The van der Waals surface area contributed by atoms with E-state index in [0.29, 0.717) is 17.4 Å². The lowest BCUT2D eigenvalue weighted by Gasteiger charge is -2.14. The van der Waals surface area contributed by atoms with Crippen LogP contribution in [0.2, 0.25) is 0 Å². The Bertz CT molecular complexity index is 887. The first kappa shape index (κ1) is 16.2. The van der Waals surface area contributed by atoms with Gasteiger partial charge in [-0.3, -0.25) is 9.67 Å². The van der Waals surface area contributed by atoms with Crippen molar-refractivity contribution in [3.63, 3.8) is 0 Å². The quantitative estimate of drug-likeness (QED) is 0.591. The first-order chi connectivity index (χ1) is 11.1. The van der Waals surface area contributed by atoms with Gasteiger partial charge in [-0.1, -0.05) is 35.0 Å². The number of benzene rings is 2. The first-order valence-electron chi connectivity index (χ1n) is 7.56. The van der Waals surface area contributed by atoms with Crippen LogP contribution in [0.1, 0.15) is 32.1 Å². The number of rotatable bonds is 5. The van der Waals surface area contributed by atoms with Crippen molar-refractivity contribution in [1.29, 1.82) is 0 Å². The fraction of sp³-hybridized carbons (Fsp3) is 0.294. The first-order valence-corrected chi connectivity index (χ1v) is 8.76. The van der Waals surface area contributed by atoms with Crippen molar-refractivity contribution in [3.05, 3.63) is 51.5 Å². The number of aromatic amines is 1. The largest absolute Gasteiger partial charge is 0.486 e. The lowest BCUT2D eigenvalue weighted by molar-refractivity contribution is 0.284. The minimum atomic E-state index is 0.300. The van der Waals surface area contributed by atoms with Crippen LogP contribution in [-0.4, -0.2) is 14.8 Å². The zero-order chi connectivity index (χ0) is 16.4. The van der Waals surface area contributed by atoms with E-state index in [1.807, 2.05) is 22.8 Å². The molecule has 0 saturated heterocycles. The summed E-state index contributed by atoms with van der Waals surface area (Å²) < 4.78 is 9.65. The molecular weight excluding hydrogens is 374 g/mol. The summed E-state index contributed by atoms with van der Waals surface area (Å²) >= 11 is 8.79. The summed E-state index contributed by atoms with van der Waals surface area (Å²) in [7, 11) is 0. The van der Waals surface area contributed by atoms with E-state index in [1.54, 1.807) is 0 Å². The van der Waals surface area contributed by atoms with Crippen molar-refractivity contribution in [2.45, 2.75) is 32.9 Å². The van der Waals surface area contributed by atoms with Crippen LogP contribution in [0.25, 0.3) is 10.8 Å². The van der Waals surface area contributed by atoms with Crippen molar-refractivity contribution >= 4 is 38.9 Å². The summed E-state index contributed by atoms with van der Waals surface area (Å²) in [6.45, 7) is 4.65. The van der Waals surface area contributed by atoms with Crippen LogP contribution < -0.4 is 4.74 Å². The van der Waals surface area contributed by atoms with Gasteiger partial charge in [0.05, 0.1) is 0 Å². The third kappa shape index (κ3) is 3.48. The molecule has 4 nitrogen and oxygen atoms in total. The standard InChI is InChI=1S/C17H18BrN3OS/c1-3-11(2)21-16(19-20-17(21)23)10-22-15-7-5-12-8-14(18)6-4-13(12)9-15/h4-9,11H,3,10H2,1-2H3,(H,20,23)/t11-/m0/s1. The highest BCUT2D eigenvalue weighted by Crippen LogP contribution is 2.25. The van der Waals surface area contributed by atoms with Gasteiger partial charge in [-0.25, -0.2) is 0 Å². The molecule has 120 valence electrons. The Labute approximate surface area is 148 Å². The summed E-state index contributed by atoms with van der Waals surface area (Å²) in [5.41, 5.74) is 0. The van der Waals surface area contributed by atoms with E-state index in [1.165, 1.54) is 5.39 Å². The van der Waals surface area contributed by atoms with Crippen molar-refractivity contribution < 1.29 is 4.74 Å². The second-order valence-electron chi connectivity index (χ2n) is 5.51. The highest BCUT2D eigenvalue weighted by molar-refractivity contribution is 9.10. The van der Waals surface area contributed by atoms with Gasteiger partial charge in [0.2, 0.25) is 0 Å². The van der Waals surface area contributed by atoms with E-state index in [4.69, 9.17) is 17.0 Å². The number of nitrogens with zero attached hydrogens (tertiary/aromatic N) is 2. The molecule has 2 aromatic carbocycles. The number of H-pyrrole nitrogens is 1. The molecule has 1 N–H and O–H groups in total. The van der Waals surface area contributed by atoms with Gasteiger partial charge in [0.1, 0.15) is 12.4 Å². The fourth-order valence-corrected chi connectivity index (χ4v) is 3.22. The van der Waals surface area contributed by atoms with Crippen LogP contribution in [0.4, 0.5) is 0 Å². The molecule has 0 bridgehead atoms. The summed E-state index contributed by atoms with van der Waals surface area (Å²) in [6, 6.07) is 12.6. The molecular formula is C17H18BrN3OS. The topological polar surface area (TPSA) is 42.8 Å². The SMILES string of the molecule is CC[C@H](C)n1c(COc2ccc3cc(Br)ccc3c2)n[nH]c1=S. The molecule has 0 saturated carbocycles. The lowest BCUT2D eigenvalue weighted by Crippen LogP contribution is -2.11. The number of ether oxygens (including phenoxy) is 1. The number of halogens is 1. The summed E-state index contributed by atoms with van der Waals surface area (Å²) in [5.74, 6) is 1.64. The maximum atomic E-state index is 5.92. The Morgan fingerprint density at radius 1 is 1.26 bits per heavy atom. The minimum absolute atomic E-state index is 0.300. The summed E-state index contributed by atoms with van der Waals surface area (Å²) in [6.07, 6.45) is 0.992. The summed E-state index contributed by atoms with van der Waals surface area (Å²) in [4.78, 5) is 0. The molecule has 6 heteroatoms. The molecule has 0 aliphatic rings. The zero-order valence-corrected chi connectivity index (χ0v) is 15.4. The molecule has 3 rings (SSSR count). The second kappa shape index (κ2) is 6.84. The predicted molar refractivity (Wildman–Crippen MR) is 98.4 cm³/mol. The van der Waals surface area contributed by atoms with Gasteiger partial charge >= 0.3 is 0 Å². The lowest BCUT2D eigenvalue weighted by atomic mass is 10.1. The number of nitrogens with one attached hydrogen (secondary N) is 1. The van der Waals surface area contributed by atoms with Gasteiger partial charge in [-0.2, -0.15) is 5.10 Å². The second-order valence-corrected chi connectivity index (χ2v) is 6.82. The number of hydrogen-bond acceptors (Lipinski definition) is 3. The van der Waals surface area contributed by atoms with Crippen molar-refractivity contribution in [1.82, 2.24) is 14.8 Å². The molecule has 0 amide bonds. The third-order valence-corrected chi connectivity index (χ3v) is 4.73. The average Bonchev–Trinajstić information content (AvgIpc) is 2.93. The Hall–Kier alpha value is -1.66. The molecule has 1 atom stereocenters. The van der Waals surface area contributed by atoms with Crippen LogP contribution in [0.15, 0.2) is 40.9 Å². The number of hydrogen-bond donors (Lipinski definition) is 1. The van der Waals surface area contributed by atoms with Crippen LogP contribution in [0.3, 0.4) is 0 Å². The Morgan fingerprint density at radius 2 is 2.00 bits per heavy atom. The van der Waals surface area contributed by atoms with Gasteiger partial charge in [-0.15, -0.1) is 0 Å². The van der Waals surface area contributed by atoms with Crippen molar-refractivity contribution in [2.75, 3.05) is 0 Å². The van der Waals surface area contributed by atoms with Crippen LogP contribution >= 0.6 is 28.1 Å². The molecule has 1 heterocycles. The fourth-order valence-electron chi connectivity index (χ4n) is 2.51. The molecule has 0 aliphatic heterocycles. The number of fused-ring (bicyclic) bond motifs is 1. The monoisotopic (exact) mass is 391 g/mol. The van der Waals surface area contributed by atoms with Crippen LogP contribution in [-0.2, 0) is 6.61 Å². The summed E-state index contributed by atoms with van der Waals surface area (Å²) in [5, 5.41) is 9.46. The molecule has 0 fully saturated rings. The van der Waals surface area contributed by atoms with Gasteiger partial charge in [-0.05, 0) is 60.6 Å². The molecule has 3 aromatic rings. The highest BCUT2D eigenvalue weighted by Gasteiger charge is 2.12. The van der Waals surface area contributed by atoms with Crippen molar-refractivity contribution in [3.8, 4) is 5.75 Å².